The summed E-state index contributed by atoms with van der Waals surface area (Å²) in [6.07, 6.45) is 0. The summed E-state index contributed by atoms with van der Waals surface area (Å²) in [5, 5.41) is 4.12. The van der Waals surface area contributed by atoms with Gasteiger partial charge in [-0.25, -0.2) is 0 Å². The fourth-order valence-corrected chi connectivity index (χ4v) is 3.74. The van der Waals surface area contributed by atoms with E-state index in [0.29, 0.717) is 15.9 Å². The van der Waals surface area contributed by atoms with Crippen LogP contribution in [0.2, 0.25) is 5.02 Å². The summed E-state index contributed by atoms with van der Waals surface area (Å²) in [5.74, 6) is -0.323. The molecule has 30 heavy (non-hydrogen) atoms. The van der Waals surface area contributed by atoms with Gasteiger partial charge in [0, 0.05) is 5.02 Å². The van der Waals surface area contributed by atoms with Crippen LogP contribution >= 0.6 is 23.8 Å². The number of halogens is 1. The van der Waals surface area contributed by atoms with Crippen LogP contribution in [0.15, 0.2) is 83.7 Å². The van der Waals surface area contributed by atoms with Crippen molar-refractivity contribution < 1.29 is 4.79 Å². The van der Waals surface area contributed by atoms with E-state index in [4.69, 9.17) is 23.8 Å². The van der Waals surface area contributed by atoms with Crippen molar-refractivity contribution in [2.75, 3.05) is 0 Å². The van der Waals surface area contributed by atoms with E-state index in [1.54, 1.807) is 30.3 Å². The van der Waals surface area contributed by atoms with Gasteiger partial charge in [-0.1, -0.05) is 66.2 Å². The van der Waals surface area contributed by atoms with Crippen LogP contribution in [-0.4, -0.2) is 15.5 Å². The minimum Gasteiger partial charge on any atom is -0.344 e. The molecule has 1 aromatic heterocycles. The van der Waals surface area contributed by atoms with Crippen LogP contribution in [0, 0.1) is 4.77 Å². The summed E-state index contributed by atoms with van der Waals surface area (Å²) in [5.41, 5.74) is 2.15. The van der Waals surface area contributed by atoms with Gasteiger partial charge in [0.1, 0.15) is 6.54 Å². The molecule has 2 N–H and O–H groups in total. The number of aromatic amines is 1. The quantitative estimate of drug-likeness (QED) is 0.449. The van der Waals surface area contributed by atoms with E-state index in [1.165, 1.54) is 4.57 Å². The van der Waals surface area contributed by atoms with Crippen molar-refractivity contribution >= 4 is 40.6 Å². The molecule has 0 saturated heterocycles. The molecular weight excluding hydrogens is 418 g/mol. The second-order valence-electron chi connectivity index (χ2n) is 6.83. The summed E-state index contributed by atoms with van der Waals surface area (Å²) >= 11 is 11.3. The first-order valence-corrected chi connectivity index (χ1v) is 10.1. The highest BCUT2D eigenvalue weighted by atomic mass is 35.5. The Morgan fingerprint density at radius 2 is 1.60 bits per heavy atom. The van der Waals surface area contributed by atoms with Gasteiger partial charge in [0.05, 0.1) is 16.9 Å². The number of para-hydroxylation sites is 1. The van der Waals surface area contributed by atoms with Gasteiger partial charge in [-0.05, 0) is 47.6 Å². The van der Waals surface area contributed by atoms with E-state index >= 15 is 0 Å². The van der Waals surface area contributed by atoms with Gasteiger partial charge in [-0.15, -0.1) is 0 Å². The van der Waals surface area contributed by atoms with Crippen molar-refractivity contribution in [3.63, 3.8) is 0 Å². The number of carbonyl (C=O) groups is 1. The molecule has 150 valence electrons. The van der Waals surface area contributed by atoms with Crippen LogP contribution in [0.5, 0.6) is 0 Å². The van der Waals surface area contributed by atoms with E-state index in [2.05, 4.69) is 10.3 Å². The molecule has 0 fully saturated rings. The van der Waals surface area contributed by atoms with Crippen LogP contribution in [0.3, 0.4) is 0 Å². The highest BCUT2D eigenvalue weighted by Crippen LogP contribution is 2.23. The molecule has 4 rings (SSSR count). The zero-order valence-electron chi connectivity index (χ0n) is 15.8. The smallest absolute Gasteiger partial charge is 0.262 e. The number of hydrogen-bond acceptors (Lipinski definition) is 3. The third-order valence-corrected chi connectivity index (χ3v) is 5.41. The van der Waals surface area contributed by atoms with E-state index < -0.39 is 0 Å². The number of fused-ring (bicyclic) bond motifs is 1. The predicted octanol–water partition coefficient (Wildman–Crippen LogP) is 4.62. The van der Waals surface area contributed by atoms with Crippen molar-refractivity contribution in [2.24, 2.45) is 0 Å². The zero-order valence-corrected chi connectivity index (χ0v) is 17.4. The Kier molecular flexibility index (Phi) is 5.79. The van der Waals surface area contributed by atoms with Gasteiger partial charge in [-0.3, -0.25) is 14.2 Å². The number of rotatable bonds is 5. The van der Waals surface area contributed by atoms with Crippen molar-refractivity contribution in [3.8, 4) is 0 Å². The summed E-state index contributed by atoms with van der Waals surface area (Å²) < 4.78 is 1.48. The first-order chi connectivity index (χ1) is 14.5. The van der Waals surface area contributed by atoms with Crippen molar-refractivity contribution in [1.29, 1.82) is 0 Å². The average Bonchev–Trinajstić information content (AvgIpc) is 2.76. The van der Waals surface area contributed by atoms with Gasteiger partial charge >= 0.3 is 0 Å². The molecule has 3 aromatic carbocycles. The number of H-pyrrole nitrogens is 1. The molecular formula is C23H18ClN3O2S. The van der Waals surface area contributed by atoms with Crippen LogP contribution in [0.25, 0.3) is 10.9 Å². The van der Waals surface area contributed by atoms with Gasteiger partial charge < -0.3 is 10.3 Å². The molecule has 0 radical (unpaired) electrons. The number of benzene rings is 3. The average molecular weight is 436 g/mol. The van der Waals surface area contributed by atoms with E-state index in [-0.39, 0.29) is 28.8 Å². The lowest BCUT2D eigenvalue weighted by Gasteiger charge is -2.20. The lowest BCUT2D eigenvalue weighted by atomic mass is 9.98. The SMILES string of the molecule is O=C(Cn1c(=S)[nH]c2ccccc2c1=O)NC(c1ccccc1)c1ccc(Cl)cc1. The summed E-state index contributed by atoms with van der Waals surface area (Å²) in [6.45, 7) is -0.185. The van der Waals surface area contributed by atoms with Gasteiger partial charge in [0.15, 0.2) is 4.77 Å². The molecule has 0 aliphatic heterocycles. The minimum atomic E-state index is -0.385. The second-order valence-corrected chi connectivity index (χ2v) is 7.65. The first-order valence-electron chi connectivity index (χ1n) is 9.34. The number of carbonyl (C=O) groups excluding carboxylic acids is 1. The highest BCUT2D eigenvalue weighted by molar-refractivity contribution is 7.71. The molecule has 1 amide bonds. The summed E-state index contributed by atoms with van der Waals surface area (Å²) in [7, 11) is 0. The maximum atomic E-state index is 12.9. The molecule has 0 aliphatic rings. The predicted molar refractivity (Wildman–Crippen MR) is 121 cm³/mol. The first kappa shape index (κ1) is 20.1. The number of nitrogens with zero attached hydrogens (tertiary/aromatic N) is 1. The third kappa shape index (κ3) is 4.20. The van der Waals surface area contributed by atoms with Crippen LogP contribution < -0.4 is 10.9 Å². The maximum absolute atomic E-state index is 12.9. The van der Waals surface area contributed by atoms with Crippen LogP contribution in [0.1, 0.15) is 17.2 Å². The number of hydrogen-bond donors (Lipinski definition) is 2. The van der Waals surface area contributed by atoms with Gasteiger partial charge in [0.25, 0.3) is 5.56 Å². The Labute approximate surface area is 183 Å². The molecule has 0 bridgehead atoms. The lowest BCUT2D eigenvalue weighted by molar-refractivity contribution is -0.122. The van der Waals surface area contributed by atoms with Crippen LogP contribution in [-0.2, 0) is 11.3 Å². The molecule has 1 unspecified atom stereocenters. The molecule has 4 aromatic rings. The Morgan fingerprint density at radius 3 is 2.33 bits per heavy atom. The Hall–Kier alpha value is -3.22. The molecule has 5 nitrogen and oxygen atoms in total. The van der Waals surface area contributed by atoms with E-state index in [9.17, 15) is 9.59 Å². The number of aromatic nitrogens is 2. The molecule has 7 heteroatoms. The van der Waals surface area contributed by atoms with Crippen molar-refractivity contribution in [3.05, 3.63) is 110 Å². The Morgan fingerprint density at radius 1 is 0.967 bits per heavy atom. The summed E-state index contributed by atoms with van der Waals surface area (Å²) in [6, 6.07) is 23.6. The Bertz CT molecular complexity index is 1310. The lowest BCUT2D eigenvalue weighted by Crippen LogP contribution is -2.35. The normalized spacial score (nSPS) is 11.9. The van der Waals surface area contributed by atoms with Crippen LogP contribution in [0.4, 0.5) is 0 Å². The topological polar surface area (TPSA) is 66.9 Å². The second kappa shape index (κ2) is 8.65. The standard InChI is InChI=1S/C23H18ClN3O2S/c24-17-12-10-16(11-13-17)21(15-6-2-1-3-7-15)26-20(28)14-27-22(29)18-8-4-5-9-19(18)25-23(27)30/h1-13,21H,14H2,(H,25,30)(H,26,28). The highest BCUT2D eigenvalue weighted by Gasteiger charge is 2.18. The van der Waals surface area contributed by atoms with Crippen molar-refractivity contribution in [2.45, 2.75) is 12.6 Å². The molecule has 0 saturated carbocycles. The monoisotopic (exact) mass is 435 g/mol. The van der Waals surface area contributed by atoms with Gasteiger partial charge in [-0.2, -0.15) is 0 Å². The zero-order chi connectivity index (χ0) is 21.1. The van der Waals surface area contributed by atoms with E-state index in [0.717, 1.165) is 11.1 Å². The molecule has 0 aliphatic carbocycles. The van der Waals surface area contributed by atoms with Crippen molar-refractivity contribution in [1.82, 2.24) is 14.9 Å². The molecule has 1 atom stereocenters. The molecule has 0 spiro atoms. The number of amides is 1. The third-order valence-electron chi connectivity index (χ3n) is 4.83. The largest absolute Gasteiger partial charge is 0.344 e. The number of nitrogens with one attached hydrogen (secondary N) is 2. The maximum Gasteiger partial charge on any atom is 0.262 e. The summed E-state index contributed by atoms with van der Waals surface area (Å²) in [4.78, 5) is 28.8. The van der Waals surface area contributed by atoms with Gasteiger partial charge in [0.2, 0.25) is 5.91 Å². The van der Waals surface area contributed by atoms with E-state index in [1.807, 2.05) is 48.5 Å². The Balaban J connectivity index is 1.65. The fraction of sp³-hybridized carbons (Fsp3) is 0.0870. The molecule has 1 heterocycles. The minimum absolute atomic E-state index is 0.185. The fourth-order valence-electron chi connectivity index (χ4n) is 3.35.